The smallest absolute Gasteiger partial charge is 0.132 e. The summed E-state index contributed by atoms with van der Waals surface area (Å²) in [6.07, 6.45) is 1.79. The van der Waals surface area contributed by atoms with Gasteiger partial charge in [0.1, 0.15) is 4.60 Å². The molecule has 1 aromatic heterocycles. The molecule has 0 aliphatic heterocycles. The molecule has 4 heteroatoms. The third-order valence-corrected chi connectivity index (χ3v) is 3.29. The predicted molar refractivity (Wildman–Crippen MR) is 64.0 cm³/mol. The summed E-state index contributed by atoms with van der Waals surface area (Å²) in [6.45, 7) is 0. The zero-order valence-electron chi connectivity index (χ0n) is 7.54. The standard InChI is InChI=1S/C10H8Br2N2/c1-14-6-13-10(12)9(14)7-4-2-3-5-8(7)11/h2-6H,1H3. The van der Waals surface area contributed by atoms with Gasteiger partial charge in [-0.05, 0) is 22.0 Å². The second-order valence-electron chi connectivity index (χ2n) is 2.97. The Morgan fingerprint density at radius 2 is 1.93 bits per heavy atom. The summed E-state index contributed by atoms with van der Waals surface area (Å²) in [5, 5.41) is 0. The maximum Gasteiger partial charge on any atom is 0.132 e. The van der Waals surface area contributed by atoms with Crippen LogP contribution in [0.5, 0.6) is 0 Å². The molecule has 0 N–H and O–H groups in total. The van der Waals surface area contributed by atoms with Crippen molar-refractivity contribution in [2.24, 2.45) is 7.05 Å². The van der Waals surface area contributed by atoms with E-state index in [0.29, 0.717) is 0 Å². The number of benzene rings is 1. The fourth-order valence-corrected chi connectivity index (χ4v) is 2.41. The molecule has 2 nitrogen and oxygen atoms in total. The summed E-state index contributed by atoms with van der Waals surface area (Å²) in [6, 6.07) is 8.10. The Labute approximate surface area is 99.2 Å². The molecule has 1 aromatic carbocycles. The van der Waals surface area contributed by atoms with E-state index in [2.05, 4.69) is 42.9 Å². The number of imidazole rings is 1. The molecule has 0 bridgehead atoms. The van der Waals surface area contributed by atoms with Crippen LogP contribution in [-0.4, -0.2) is 9.55 Å². The van der Waals surface area contributed by atoms with Crippen LogP contribution in [-0.2, 0) is 7.05 Å². The number of nitrogens with zero attached hydrogens (tertiary/aromatic N) is 2. The highest BCUT2D eigenvalue weighted by Crippen LogP contribution is 2.32. The Kier molecular flexibility index (Phi) is 2.74. The van der Waals surface area contributed by atoms with E-state index in [1.165, 1.54) is 0 Å². The first kappa shape index (κ1) is 9.93. The summed E-state index contributed by atoms with van der Waals surface area (Å²) in [5.74, 6) is 0. The third-order valence-electron chi connectivity index (χ3n) is 2.02. The fraction of sp³-hybridized carbons (Fsp3) is 0.100. The van der Waals surface area contributed by atoms with E-state index < -0.39 is 0 Å². The van der Waals surface area contributed by atoms with Crippen LogP contribution >= 0.6 is 31.9 Å². The number of aryl methyl sites for hydroxylation is 1. The lowest BCUT2D eigenvalue weighted by atomic mass is 10.2. The van der Waals surface area contributed by atoms with Crippen LogP contribution in [0, 0.1) is 0 Å². The lowest BCUT2D eigenvalue weighted by molar-refractivity contribution is 0.921. The molecule has 0 amide bonds. The first-order valence-electron chi connectivity index (χ1n) is 4.12. The van der Waals surface area contributed by atoms with Gasteiger partial charge in [0.2, 0.25) is 0 Å². The van der Waals surface area contributed by atoms with Crippen molar-refractivity contribution < 1.29 is 0 Å². The molecule has 0 aliphatic carbocycles. The van der Waals surface area contributed by atoms with Gasteiger partial charge >= 0.3 is 0 Å². The van der Waals surface area contributed by atoms with E-state index in [1.807, 2.05) is 29.8 Å². The van der Waals surface area contributed by atoms with E-state index in [-0.39, 0.29) is 0 Å². The number of hydrogen-bond acceptors (Lipinski definition) is 1. The minimum atomic E-state index is 0.868. The second kappa shape index (κ2) is 3.87. The number of halogens is 2. The van der Waals surface area contributed by atoms with Crippen molar-refractivity contribution in [1.82, 2.24) is 9.55 Å². The summed E-state index contributed by atoms with van der Waals surface area (Å²) >= 11 is 6.96. The molecule has 0 spiro atoms. The minimum absolute atomic E-state index is 0.868. The van der Waals surface area contributed by atoms with Crippen LogP contribution in [0.25, 0.3) is 11.3 Å². The Morgan fingerprint density at radius 3 is 2.50 bits per heavy atom. The molecular formula is C10H8Br2N2. The van der Waals surface area contributed by atoms with E-state index in [0.717, 1.165) is 20.3 Å². The summed E-state index contributed by atoms with van der Waals surface area (Å²) in [4.78, 5) is 4.19. The van der Waals surface area contributed by atoms with Crippen molar-refractivity contribution in [2.75, 3.05) is 0 Å². The summed E-state index contributed by atoms with van der Waals surface area (Å²) in [7, 11) is 1.98. The minimum Gasteiger partial charge on any atom is -0.333 e. The van der Waals surface area contributed by atoms with Gasteiger partial charge < -0.3 is 4.57 Å². The highest BCUT2D eigenvalue weighted by atomic mass is 79.9. The molecule has 0 unspecified atom stereocenters. The highest BCUT2D eigenvalue weighted by Gasteiger charge is 2.10. The highest BCUT2D eigenvalue weighted by molar-refractivity contribution is 9.11. The molecular weight excluding hydrogens is 308 g/mol. The SMILES string of the molecule is Cn1cnc(Br)c1-c1ccccc1Br. The van der Waals surface area contributed by atoms with E-state index in [4.69, 9.17) is 0 Å². The van der Waals surface area contributed by atoms with Gasteiger partial charge in [-0.2, -0.15) is 0 Å². The third kappa shape index (κ3) is 1.64. The zero-order chi connectivity index (χ0) is 10.1. The molecule has 0 radical (unpaired) electrons. The maximum absolute atomic E-state index is 4.19. The number of aromatic nitrogens is 2. The Hall–Kier alpha value is -0.610. The Morgan fingerprint density at radius 1 is 1.21 bits per heavy atom. The van der Waals surface area contributed by atoms with Crippen molar-refractivity contribution in [3.05, 3.63) is 39.7 Å². The molecule has 0 fully saturated rings. The van der Waals surface area contributed by atoms with E-state index in [1.54, 1.807) is 6.33 Å². The number of rotatable bonds is 1. The topological polar surface area (TPSA) is 17.8 Å². The van der Waals surface area contributed by atoms with Crippen LogP contribution in [0.1, 0.15) is 0 Å². The largest absolute Gasteiger partial charge is 0.333 e. The van der Waals surface area contributed by atoms with Gasteiger partial charge in [0.05, 0.1) is 12.0 Å². The van der Waals surface area contributed by atoms with Gasteiger partial charge in [-0.1, -0.05) is 34.1 Å². The van der Waals surface area contributed by atoms with Crippen LogP contribution in [0.15, 0.2) is 39.7 Å². The van der Waals surface area contributed by atoms with Gasteiger partial charge in [-0.25, -0.2) is 4.98 Å². The molecule has 1 heterocycles. The van der Waals surface area contributed by atoms with Crippen LogP contribution in [0.2, 0.25) is 0 Å². The van der Waals surface area contributed by atoms with Crippen LogP contribution in [0.3, 0.4) is 0 Å². The van der Waals surface area contributed by atoms with Crippen molar-refractivity contribution in [2.45, 2.75) is 0 Å². The normalized spacial score (nSPS) is 10.5. The van der Waals surface area contributed by atoms with Gasteiger partial charge in [0, 0.05) is 17.1 Å². The Bertz CT molecular complexity index is 443. The maximum atomic E-state index is 4.19. The summed E-state index contributed by atoms with van der Waals surface area (Å²) in [5.41, 5.74) is 2.22. The molecule has 0 saturated carbocycles. The molecule has 0 atom stereocenters. The van der Waals surface area contributed by atoms with Crippen molar-refractivity contribution in [3.8, 4) is 11.3 Å². The van der Waals surface area contributed by atoms with Crippen LogP contribution < -0.4 is 0 Å². The Balaban J connectivity index is 2.66. The van der Waals surface area contributed by atoms with Crippen LogP contribution in [0.4, 0.5) is 0 Å². The monoisotopic (exact) mass is 314 g/mol. The molecule has 0 saturated heterocycles. The predicted octanol–water partition coefficient (Wildman–Crippen LogP) is 3.61. The van der Waals surface area contributed by atoms with Gasteiger partial charge in [0.25, 0.3) is 0 Å². The fourth-order valence-electron chi connectivity index (χ4n) is 1.36. The van der Waals surface area contributed by atoms with Crippen molar-refractivity contribution in [3.63, 3.8) is 0 Å². The molecule has 2 aromatic rings. The van der Waals surface area contributed by atoms with E-state index in [9.17, 15) is 0 Å². The van der Waals surface area contributed by atoms with E-state index >= 15 is 0 Å². The van der Waals surface area contributed by atoms with Gasteiger partial charge in [0.15, 0.2) is 0 Å². The average molecular weight is 316 g/mol. The second-order valence-corrected chi connectivity index (χ2v) is 4.58. The van der Waals surface area contributed by atoms with Gasteiger partial charge in [-0.15, -0.1) is 0 Å². The lowest BCUT2D eigenvalue weighted by Crippen LogP contribution is -1.90. The average Bonchev–Trinajstić information content (AvgIpc) is 2.48. The zero-order valence-corrected chi connectivity index (χ0v) is 10.7. The quantitative estimate of drug-likeness (QED) is 0.786. The molecule has 72 valence electrons. The lowest BCUT2D eigenvalue weighted by Gasteiger charge is -2.05. The van der Waals surface area contributed by atoms with Gasteiger partial charge in [-0.3, -0.25) is 0 Å². The molecule has 14 heavy (non-hydrogen) atoms. The van der Waals surface area contributed by atoms with Crippen molar-refractivity contribution in [1.29, 1.82) is 0 Å². The molecule has 2 rings (SSSR count). The first-order valence-corrected chi connectivity index (χ1v) is 5.70. The van der Waals surface area contributed by atoms with Crippen molar-refractivity contribution >= 4 is 31.9 Å². The molecule has 0 aliphatic rings. The first-order chi connectivity index (χ1) is 6.70. The number of hydrogen-bond donors (Lipinski definition) is 0. The summed E-state index contributed by atoms with van der Waals surface area (Å²) < 4.78 is 3.93.